The third-order valence-corrected chi connectivity index (χ3v) is 9.64. The maximum absolute atomic E-state index is 5.38. The van der Waals surface area contributed by atoms with E-state index in [9.17, 15) is 0 Å². The quantitative estimate of drug-likeness (QED) is 0.228. The molecule has 2 heterocycles. The number of fused-ring (bicyclic) bond motifs is 8. The minimum Gasteiger partial charge on any atom is -0.309 e. The third-order valence-electron chi connectivity index (χ3n) is 9.64. The van der Waals surface area contributed by atoms with E-state index in [1.54, 1.807) is 0 Å². The molecule has 0 N–H and O–H groups in total. The summed E-state index contributed by atoms with van der Waals surface area (Å²) in [7, 11) is 0. The molecule has 0 bridgehead atoms. The van der Waals surface area contributed by atoms with Gasteiger partial charge in [-0.3, -0.25) is 4.99 Å². The van der Waals surface area contributed by atoms with E-state index in [0.717, 1.165) is 17.8 Å². The van der Waals surface area contributed by atoms with Crippen LogP contribution in [0.25, 0.3) is 33.1 Å². The maximum atomic E-state index is 5.38. The first-order chi connectivity index (χ1) is 18.9. The smallest absolute Gasteiger partial charge is 0.0775 e. The number of rotatable bonds is 2. The minimum absolute atomic E-state index is 0.0981. The van der Waals surface area contributed by atoms with Gasteiger partial charge < -0.3 is 4.57 Å². The predicted octanol–water partition coefficient (Wildman–Crippen LogP) is 9.45. The van der Waals surface area contributed by atoms with Crippen LogP contribution in [-0.2, 0) is 10.8 Å². The van der Waals surface area contributed by atoms with Gasteiger partial charge in [0.15, 0.2) is 0 Å². The van der Waals surface area contributed by atoms with E-state index in [-0.39, 0.29) is 10.8 Å². The van der Waals surface area contributed by atoms with Crippen LogP contribution in [-0.4, -0.2) is 10.3 Å². The van der Waals surface area contributed by atoms with Gasteiger partial charge in [-0.2, -0.15) is 0 Å². The Labute approximate surface area is 230 Å². The van der Waals surface area contributed by atoms with Crippen molar-refractivity contribution in [3.8, 4) is 5.69 Å². The summed E-state index contributed by atoms with van der Waals surface area (Å²) < 4.78 is 2.46. The van der Waals surface area contributed by atoms with Crippen molar-refractivity contribution in [3.05, 3.63) is 125 Å². The largest absolute Gasteiger partial charge is 0.309 e. The summed E-state index contributed by atoms with van der Waals surface area (Å²) in [6, 6.07) is 31.3. The van der Waals surface area contributed by atoms with Crippen molar-refractivity contribution in [3.63, 3.8) is 0 Å². The average Bonchev–Trinajstić information content (AvgIpc) is 3.52. The molecule has 0 spiro atoms. The van der Waals surface area contributed by atoms with Crippen molar-refractivity contribution >= 4 is 38.8 Å². The number of benzene rings is 4. The molecule has 1 atom stereocenters. The summed E-state index contributed by atoms with van der Waals surface area (Å²) in [6.07, 6.45) is 7.99. The molecule has 190 valence electrons. The van der Waals surface area contributed by atoms with Crippen LogP contribution in [0.3, 0.4) is 0 Å². The molecule has 0 amide bonds. The molecule has 2 nitrogen and oxygen atoms in total. The number of hydrogen-bond acceptors (Lipinski definition) is 1. The molecule has 4 aromatic carbocycles. The van der Waals surface area contributed by atoms with Gasteiger partial charge in [-0.1, -0.05) is 107 Å². The highest BCUT2D eigenvalue weighted by atomic mass is 15.0. The molecule has 0 saturated heterocycles. The Morgan fingerprint density at radius 1 is 0.795 bits per heavy atom. The van der Waals surface area contributed by atoms with Crippen molar-refractivity contribution < 1.29 is 0 Å². The van der Waals surface area contributed by atoms with Gasteiger partial charge in [0.25, 0.3) is 0 Å². The van der Waals surface area contributed by atoms with Crippen molar-refractivity contribution in [2.45, 2.75) is 44.9 Å². The summed E-state index contributed by atoms with van der Waals surface area (Å²) in [5.74, 6) is 0.544. The van der Waals surface area contributed by atoms with Crippen molar-refractivity contribution in [1.29, 1.82) is 0 Å². The van der Waals surface area contributed by atoms with Crippen LogP contribution < -0.4 is 0 Å². The van der Waals surface area contributed by atoms with Gasteiger partial charge in [-0.25, -0.2) is 0 Å². The van der Waals surface area contributed by atoms with E-state index in [1.165, 1.54) is 55.3 Å². The van der Waals surface area contributed by atoms with Crippen LogP contribution in [0.15, 0.2) is 108 Å². The fraction of sp³-hybridized carbons (Fsp3) is 0.216. The second-order valence-electron chi connectivity index (χ2n) is 12.4. The molecule has 5 aromatic rings. The van der Waals surface area contributed by atoms with Crippen molar-refractivity contribution in [2.75, 3.05) is 0 Å². The number of hydrogen-bond donors (Lipinski definition) is 0. The van der Waals surface area contributed by atoms with Crippen molar-refractivity contribution in [2.24, 2.45) is 10.9 Å². The topological polar surface area (TPSA) is 17.3 Å². The summed E-state index contributed by atoms with van der Waals surface area (Å²) in [5.41, 5.74) is 12.7. The van der Waals surface area contributed by atoms with Crippen LogP contribution in [0.2, 0.25) is 0 Å². The molecule has 39 heavy (non-hydrogen) atoms. The zero-order valence-corrected chi connectivity index (χ0v) is 23.0. The Kier molecular flexibility index (Phi) is 4.50. The Hall–Kier alpha value is -4.17. The van der Waals surface area contributed by atoms with Gasteiger partial charge in [-0.05, 0) is 69.8 Å². The number of allylic oxidation sites excluding steroid dienone is 4. The number of aromatic nitrogens is 1. The second kappa shape index (κ2) is 7.70. The van der Waals surface area contributed by atoms with Crippen LogP contribution >= 0.6 is 0 Å². The third kappa shape index (κ3) is 2.95. The molecule has 3 aliphatic rings. The highest BCUT2D eigenvalue weighted by Crippen LogP contribution is 2.54. The van der Waals surface area contributed by atoms with Gasteiger partial charge in [0.1, 0.15) is 0 Å². The van der Waals surface area contributed by atoms with Crippen molar-refractivity contribution in [1.82, 2.24) is 4.57 Å². The van der Waals surface area contributed by atoms with Crippen LogP contribution in [0, 0.1) is 5.92 Å². The Morgan fingerprint density at radius 3 is 2.44 bits per heavy atom. The lowest BCUT2D eigenvalue weighted by Crippen LogP contribution is -2.26. The minimum atomic E-state index is -0.163. The van der Waals surface area contributed by atoms with Gasteiger partial charge in [-0.15, -0.1) is 0 Å². The van der Waals surface area contributed by atoms with Crippen LogP contribution in [0.1, 0.15) is 56.4 Å². The summed E-state index contributed by atoms with van der Waals surface area (Å²) in [5, 5.41) is 2.51. The molecule has 1 aliphatic heterocycles. The zero-order chi connectivity index (χ0) is 26.5. The van der Waals surface area contributed by atoms with Gasteiger partial charge in [0.05, 0.1) is 22.4 Å². The molecular weight excluding hydrogens is 472 g/mol. The van der Waals surface area contributed by atoms with Gasteiger partial charge in [0, 0.05) is 21.9 Å². The van der Waals surface area contributed by atoms with Crippen LogP contribution in [0.4, 0.5) is 5.69 Å². The standard InChI is InChI=1S/C37H32N2/c1-36(2)28-16-10-8-14-25(28)26-19-18-24(22-30(26)36)39-31-17-11-9-15-27(31)33-32(39)21-20-29-34(33)38-35(37(29,3)4)23-12-6-5-7-13-23/h5-15,17-22,28H,16H2,1-4H3. The zero-order valence-electron chi connectivity index (χ0n) is 23.0. The highest BCUT2D eigenvalue weighted by molar-refractivity contribution is 6.21. The van der Waals surface area contributed by atoms with E-state index >= 15 is 0 Å². The fourth-order valence-corrected chi connectivity index (χ4v) is 7.58. The Balaban J connectivity index is 1.40. The fourth-order valence-electron chi connectivity index (χ4n) is 7.58. The van der Waals surface area contributed by atoms with Gasteiger partial charge >= 0.3 is 0 Å². The Bertz CT molecular complexity index is 1930. The average molecular weight is 505 g/mol. The molecule has 0 saturated carbocycles. The molecule has 2 heteroatoms. The molecule has 0 fully saturated rings. The monoisotopic (exact) mass is 504 g/mol. The van der Waals surface area contributed by atoms with Gasteiger partial charge in [0.2, 0.25) is 0 Å². The number of nitrogens with zero attached hydrogens (tertiary/aromatic N) is 2. The maximum Gasteiger partial charge on any atom is 0.0775 e. The summed E-state index contributed by atoms with van der Waals surface area (Å²) in [6.45, 7) is 9.45. The summed E-state index contributed by atoms with van der Waals surface area (Å²) >= 11 is 0. The second-order valence-corrected chi connectivity index (χ2v) is 12.4. The van der Waals surface area contributed by atoms with E-state index in [0.29, 0.717) is 5.92 Å². The number of aliphatic imine (C=N–C) groups is 1. The lowest BCUT2D eigenvalue weighted by Gasteiger charge is -2.29. The number of para-hydroxylation sites is 1. The molecular formula is C37H32N2. The van der Waals surface area contributed by atoms with E-state index in [2.05, 4.69) is 135 Å². The lowest BCUT2D eigenvalue weighted by atomic mass is 9.75. The van der Waals surface area contributed by atoms with Crippen LogP contribution in [0.5, 0.6) is 0 Å². The molecule has 0 radical (unpaired) electrons. The normalized spacial score (nSPS) is 20.1. The van der Waals surface area contributed by atoms with E-state index in [1.807, 2.05) is 0 Å². The molecule has 1 aromatic heterocycles. The SMILES string of the molecule is CC1(C)C(c2ccccc2)=Nc2c1ccc1c2c2ccccc2n1-c1ccc2c(c1)C(C)(C)C1CC=CC=C21. The predicted molar refractivity (Wildman–Crippen MR) is 165 cm³/mol. The molecule has 1 unspecified atom stereocenters. The molecule has 2 aliphatic carbocycles. The first-order valence-electron chi connectivity index (χ1n) is 14.1. The van der Waals surface area contributed by atoms with E-state index in [4.69, 9.17) is 4.99 Å². The first-order valence-corrected chi connectivity index (χ1v) is 14.1. The summed E-state index contributed by atoms with van der Waals surface area (Å²) in [4.78, 5) is 5.38. The highest BCUT2D eigenvalue weighted by Gasteiger charge is 2.43. The first kappa shape index (κ1) is 22.8. The molecule has 8 rings (SSSR count). The Morgan fingerprint density at radius 2 is 1.59 bits per heavy atom. The lowest BCUT2D eigenvalue weighted by molar-refractivity contribution is 0.414. The van der Waals surface area contributed by atoms with E-state index < -0.39 is 0 Å².